The predicted molar refractivity (Wildman–Crippen MR) is 158 cm³/mol. The highest BCUT2D eigenvalue weighted by molar-refractivity contribution is 6.22. The number of H-pyrrole nitrogens is 1. The Morgan fingerprint density at radius 1 is 1.00 bits per heavy atom. The van der Waals surface area contributed by atoms with Gasteiger partial charge in [0, 0.05) is 22.0 Å². The lowest BCUT2D eigenvalue weighted by Crippen LogP contribution is -2.46. The maximum atomic E-state index is 13.3. The van der Waals surface area contributed by atoms with E-state index in [1.807, 2.05) is 43.3 Å². The minimum atomic E-state index is -0.450. The van der Waals surface area contributed by atoms with Gasteiger partial charge in [0.2, 0.25) is 0 Å². The van der Waals surface area contributed by atoms with Gasteiger partial charge in [0.15, 0.2) is 5.88 Å². The highest BCUT2D eigenvalue weighted by Crippen LogP contribution is 2.33. The van der Waals surface area contributed by atoms with Crippen LogP contribution in [0.25, 0.3) is 10.9 Å². The number of hydrogen-bond donors (Lipinski definition) is 2. The summed E-state index contributed by atoms with van der Waals surface area (Å²) >= 11 is 0. The lowest BCUT2D eigenvalue weighted by atomic mass is 9.98. The zero-order valence-corrected chi connectivity index (χ0v) is 23.7. The highest BCUT2D eigenvalue weighted by atomic mass is 16.7. The van der Waals surface area contributed by atoms with Crippen LogP contribution in [0, 0.1) is 6.92 Å². The molecule has 0 radical (unpaired) electrons. The Balaban J connectivity index is 1.52. The van der Waals surface area contributed by atoms with Crippen LogP contribution < -0.4 is 0 Å². The number of hydrogen-bond acceptors (Lipinski definition) is 7. The van der Waals surface area contributed by atoms with E-state index in [-0.39, 0.29) is 17.8 Å². The molecule has 4 aromatic rings. The van der Waals surface area contributed by atoms with Gasteiger partial charge in [0.1, 0.15) is 0 Å². The lowest BCUT2D eigenvalue weighted by Gasteiger charge is -2.35. The van der Waals surface area contributed by atoms with Crippen molar-refractivity contribution in [1.29, 1.82) is 0 Å². The van der Waals surface area contributed by atoms with Gasteiger partial charge in [-0.25, -0.2) is 14.9 Å². The first-order valence-corrected chi connectivity index (χ1v) is 13.5. The molecule has 0 saturated carbocycles. The highest BCUT2D eigenvalue weighted by Gasteiger charge is 2.28. The van der Waals surface area contributed by atoms with Crippen LogP contribution in [0.5, 0.6) is 5.88 Å². The third kappa shape index (κ3) is 5.73. The van der Waals surface area contributed by atoms with Crippen molar-refractivity contribution in [2.24, 2.45) is 4.99 Å². The fraction of sp³-hybridized carbons (Fsp3) is 0.281. The Morgan fingerprint density at radius 3 is 2.32 bits per heavy atom. The van der Waals surface area contributed by atoms with Gasteiger partial charge >= 0.3 is 5.97 Å². The molecule has 1 aliphatic heterocycles. The van der Waals surface area contributed by atoms with Crippen molar-refractivity contribution in [1.82, 2.24) is 14.9 Å². The van der Waals surface area contributed by atoms with Gasteiger partial charge in [-0.3, -0.25) is 9.63 Å². The first-order valence-electron chi connectivity index (χ1n) is 13.5. The first kappa shape index (κ1) is 28.1. The number of aromatic amines is 1. The molecule has 9 heteroatoms. The van der Waals surface area contributed by atoms with Crippen molar-refractivity contribution in [3.8, 4) is 5.88 Å². The van der Waals surface area contributed by atoms with E-state index in [1.54, 1.807) is 30.3 Å². The molecule has 1 saturated heterocycles. The van der Waals surface area contributed by atoms with E-state index in [9.17, 15) is 14.7 Å². The number of nitrogens with zero attached hydrogens (tertiary/aromatic N) is 3. The molecule has 9 nitrogen and oxygen atoms in total. The molecular weight excluding hydrogens is 520 g/mol. The Kier molecular flexibility index (Phi) is 8.19. The molecule has 0 unspecified atom stereocenters. The second-order valence-electron chi connectivity index (χ2n) is 10.3. The summed E-state index contributed by atoms with van der Waals surface area (Å²) in [5, 5.41) is 13.2. The second-order valence-corrected chi connectivity index (χ2v) is 10.3. The van der Waals surface area contributed by atoms with Crippen molar-refractivity contribution in [2.75, 3.05) is 34.4 Å². The van der Waals surface area contributed by atoms with Gasteiger partial charge in [0.25, 0.3) is 5.91 Å². The topological polar surface area (TPSA) is 107 Å². The molecule has 1 aliphatic rings. The van der Waals surface area contributed by atoms with Crippen molar-refractivity contribution >= 4 is 34.2 Å². The van der Waals surface area contributed by atoms with Gasteiger partial charge in [0.05, 0.1) is 42.8 Å². The standard InChI is InChI=1S/C32H34N4O5/c1-20-18-26-27(19-25(20)32(39)40-3)34-30(37)28(26)29(21-8-6-5-7-9-21)33-23-12-10-22(11-13-23)31(38)36(41-4)24-14-16-35(2)17-15-24/h5-13,18-19,24,34,37H,14-17H2,1-4H3. The average Bonchev–Trinajstić information content (AvgIpc) is 3.31. The first-order chi connectivity index (χ1) is 19.8. The van der Waals surface area contributed by atoms with Crippen LogP contribution in [-0.2, 0) is 9.57 Å². The fourth-order valence-electron chi connectivity index (χ4n) is 5.33. The van der Waals surface area contributed by atoms with Gasteiger partial charge < -0.3 is 19.7 Å². The summed E-state index contributed by atoms with van der Waals surface area (Å²) in [6.07, 6.45) is 1.71. The molecule has 5 rings (SSSR count). The largest absolute Gasteiger partial charge is 0.494 e. The van der Waals surface area contributed by atoms with Crippen LogP contribution in [0.15, 0.2) is 71.7 Å². The monoisotopic (exact) mass is 554 g/mol. The van der Waals surface area contributed by atoms with E-state index in [0.29, 0.717) is 39.2 Å². The van der Waals surface area contributed by atoms with Crippen LogP contribution in [-0.4, -0.2) is 78.0 Å². The minimum absolute atomic E-state index is 0.0269. The van der Waals surface area contributed by atoms with Gasteiger partial charge in [-0.1, -0.05) is 30.3 Å². The number of benzene rings is 3. The number of hydroxylamine groups is 2. The van der Waals surface area contributed by atoms with Gasteiger partial charge in [-0.2, -0.15) is 0 Å². The molecule has 0 atom stereocenters. The average molecular weight is 555 g/mol. The van der Waals surface area contributed by atoms with Crippen molar-refractivity contribution in [3.63, 3.8) is 0 Å². The summed E-state index contributed by atoms with van der Waals surface area (Å²) < 4.78 is 4.91. The van der Waals surface area contributed by atoms with Crippen LogP contribution in [0.2, 0.25) is 0 Å². The number of aryl methyl sites for hydroxylation is 1. The quantitative estimate of drug-likeness (QED) is 0.184. The number of amides is 1. The number of esters is 1. The van der Waals surface area contributed by atoms with E-state index in [4.69, 9.17) is 14.6 Å². The summed E-state index contributed by atoms with van der Waals surface area (Å²) in [4.78, 5) is 41.2. The molecular formula is C32H34N4O5. The van der Waals surface area contributed by atoms with Crippen molar-refractivity contribution in [3.05, 3.63) is 94.5 Å². The van der Waals surface area contributed by atoms with Gasteiger partial charge in [-0.05, 0) is 81.9 Å². The van der Waals surface area contributed by atoms with Crippen LogP contribution in [0.3, 0.4) is 0 Å². The number of aromatic nitrogens is 1. The maximum Gasteiger partial charge on any atom is 0.338 e. The third-order valence-corrected chi connectivity index (χ3v) is 7.58. The summed E-state index contributed by atoms with van der Waals surface area (Å²) in [6.45, 7) is 3.65. The van der Waals surface area contributed by atoms with Crippen LogP contribution in [0.1, 0.15) is 50.2 Å². The third-order valence-electron chi connectivity index (χ3n) is 7.58. The van der Waals surface area contributed by atoms with E-state index in [1.165, 1.54) is 19.3 Å². The molecule has 212 valence electrons. The molecule has 0 spiro atoms. The number of aliphatic imine (C=N–C) groups is 1. The molecule has 0 aliphatic carbocycles. The molecule has 2 N–H and O–H groups in total. The lowest BCUT2D eigenvalue weighted by molar-refractivity contribution is -0.132. The number of piperidine rings is 1. The Bertz CT molecular complexity index is 1590. The SMILES string of the molecule is COC(=O)c1cc2[nH]c(O)c(C(=Nc3ccc(C(=O)N(OC)C4CCN(C)CC4)cc3)c3ccccc3)c2cc1C. The predicted octanol–water partition coefficient (Wildman–Crippen LogP) is 5.24. The number of methoxy groups -OCH3 is 1. The van der Waals surface area contributed by atoms with Gasteiger partial charge in [-0.15, -0.1) is 0 Å². The Hall–Kier alpha value is -4.47. The normalized spacial score (nSPS) is 14.8. The van der Waals surface area contributed by atoms with E-state index in [2.05, 4.69) is 16.9 Å². The summed E-state index contributed by atoms with van der Waals surface area (Å²) in [6, 6.07) is 20.2. The van der Waals surface area contributed by atoms with E-state index < -0.39 is 5.97 Å². The molecule has 1 amide bonds. The number of nitrogens with one attached hydrogen (secondary N) is 1. The Labute approximate surface area is 239 Å². The molecule has 0 bridgehead atoms. The molecule has 1 aromatic heterocycles. The minimum Gasteiger partial charge on any atom is -0.494 e. The van der Waals surface area contributed by atoms with Crippen LogP contribution in [0.4, 0.5) is 5.69 Å². The molecule has 3 aromatic carbocycles. The Morgan fingerprint density at radius 2 is 1.68 bits per heavy atom. The second kappa shape index (κ2) is 12.0. The van der Waals surface area contributed by atoms with Crippen molar-refractivity contribution < 1.29 is 24.3 Å². The summed E-state index contributed by atoms with van der Waals surface area (Å²) in [7, 11) is 4.95. The number of fused-ring (bicyclic) bond motifs is 1. The zero-order chi connectivity index (χ0) is 29.1. The number of likely N-dealkylation sites (tertiary alicyclic amines) is 1. The number of aromatic hydroxyl groups is 1. The molecule has 1 fully saturated rings. The molecule has 2 heterocycles. The maximum absolute atomic E-state index is 13.3. The van der Waals surface area contributed by atoms with E-state index in [0.717, 1.165) is 36.9 Å². The number of ether oxygens (including phenoxy) is 1. The summed E-state index contributed by atoms with van der Waals surface area (Å²) in [5.74, 6) is -0.703. The number of carbonyl (C=O) groups is 2. The zero-order valence-electron chi connectivity index (χ0n) is 23.7. The van der Waals surface area contributed by atoms with Crippen LogP contribution >= 0.6 is 0 Å². The fourth-order valence-corrected chi connectivity index (χ4v) is 5.33. The van der Waals surface area contributed by atoms with E-state index >= 15 is 0 Å². The number of rotatable bonds is 7. The van der Waals surface area contributed by atoms with Crippen molar-refractivity contribution in [2.45, 2.75) is 25.8 Å². The smallest absolute Gasteiger partial charge is 0.338 e. The summed E-state index contributed by atoms with van der Waals surface area (Å²) in [5.41, 5.74) is 4.69. The molecule has 41 heavy (non-hydrogen) atoms. The number of carbonyl (C=O) groups excluding carboxylic acids is 2.